The van der Waals surface area contributed by atoms with Crippen molar-refractivity contribution in [3.63, 3.8) is 0 Å². The lowest BCUT2D eigenvalue weighted by Crippen LogP contribution is -2.43. The van der Waals surface area contributed by atoms with Gasteiger partial charge in [0, 0.05) is 29.7 Å². The van der Waals surface area contributed by atoms with Crippen LogP contribution in [0.25, 0.3) is 10.9 Å². The van der Waals surface area contributed by atoms with Crippen LogP contribution < -0.4 is 10.6 Å². The summed E-state index contributed by atoms with van der Waals surface area (Å²) in [6.07, 6.45) is 1.17. The fourth-order valence-electron chi connectivity index (χ4n) is 3.31. The summed E-state index contributed by atoms with van der Waals surface area (Å²) in [7, 11) is -4.05. The molecule has 1 saturated heterocycles. The third-order valence-electron chi connectivity index (χ3n) is 4.81. The number of carbonyl (C=O) groups is 1. The number of nitrogens with zero attached hydrogens (tertiary/aromatic N) is 1. The van der Waals surface area contributed by atoms with Gasteiger partial charge < -0.3 is 20.5 Å². The number of halogens is 2. The van der Waals surface area contributed by atoms with E-state index in [1.165, 1.54) is 12.3 Å². The number of aromatic nitrogens is 1. The minimum atomic E-state index is -4.05. The lowest BCUT2D eigenvalue weighted by atomic mass is 10.1. The van der Waals surface area contributed by atoms with E-state index in [0.717, 1.165) is 18.2 Å². The van der Waals surface area contributed by atoms with E-state index in [-0.39, 0.29) is 35.0 Å². The average molecular weight is 466 g/mol. The first-order chi connectivity index (χ1) is 14.8. The maximum Gasteiger partial charge on any atom is 0.337 e. The molecule has 1 aliphatic heterocycles. The average Bonchev–Trinajstić information content (AvgIpc) is 2.74. The van der Waals surface area contributed by atoms with Crippen molar-refractivity contribution in [1.82, 2.24) is 10.3 Å². The normalized spacial score (nSPS) is 16.9. The van der Waals surface area contributed by atoms with Crippen molar-refractivity contribution in [3.8, 4) is 0 Å². The van der Waals surface area contributed by atoms with Crippen LogP contribution in [0.4, 0.5) is 15.8 Å². The highest BCUT2D eigenvalue weighted by molar-refractivity contribution is 7.92. The molecule has 1 unspecified atom stereocenters. The van der Waals surface area contributed by atoms with Gasteiger partial charge in [-0.15, -0.1) is 0 Å². The van der Waals surface area contributed by atoms with Crippen LogP contribution in [0, 0.1) is 5.82 Å². The lowest BCUT2D eigenvalue weighted by Gasteiger charge is -2.25. The highest BCUT2D eigenvalue weighted by atomic mass is 35.5. The van der Waals surface area contributed by atoms with Gasteiger partial charge in [-0.1, -0.05) is 11.6 Å². The second-order valence-corrected chi connectivity index (χ2v) is 9.32. The summed E-state index contributed by atoms with van der Waals surface area (Å²) < 4.78 is 46.0. The summed E-state index contributed by atoms with van der Waals surface area (Å²) in [5.74, 6) is -1.99. The molecule has 4 rings (SSSR count). The zero-order valence-corrected chi connectivity index (χ0v) is 17.5. The first-order valence-electron chi connectivity index (χ1n) is 9.22. The first-order valence-corrected chi connectivity index (χ1v) is 11.1. The Morgan fingerprint density at radius 1 is 1.29 bits per heavy atom. The van der Waals surface area contributed by atoms with Crippen LogP contribution in [0.15, 0.2) is 47.5 Å². The van der Waals surface area contributed by atoms with Crippen molar-refractivity contribution in [2.75, 3.05) is 25.0 Å². The van der Waals surface area contributed by atoms with Crippen LogP contribution in [-0.2, 0) is 14.6 Å². The minimum absolute atomic E-state index is 0.0368. The summed E-state index contributed by atoms with van der Waals surface area (Å²) in [5.41, 5.74) is -1.05. The maximum absolute atomic E-state index is 13.9. The molecule has 3 N–H and O–H groups in total. The maximum atomic E-state index is 13.9. The zero-order valence-electron chi connectivity index (χ0n) is 15.9. The van der Waals surface area contributed by atoms with Crippen molar-refractivity contribution in [2.45, 2.75) is 10.3 Å². The number of ether oxygens (including phenoxy) is 1. The van der Waals surface area contributed by atoms with Crippen LogP contribution in [0.1, 0.15) is 10.4 Å². The number of hydrogen-bond acceptors (Lipinski definition) is 7. The van der Waals surface area contributed by atoms with Crippen LogP contribution >= 0.6 is 11.6 Å². The summed E-state index contributed by atoms with van der Waals surface area (Å²) in [6.45, 7) is 0.816. The van der Waals surface area contributed by atoms with Gasteiger partial charge in [0.05, 0.1) is 29.1 Å². The Morgan fingerprint density at radius 3 is 2.81 bits per heavy atom. The number of rotatable bonds is 5. The van der Waals surface area contributed by atoms with E-state index in [1.54, 1.807) is 12.1 Å². The molecule has 11 heteroatoms. The topological polar surface area (TPSA) is 118 Å². The van der Waals surface area contributed by atoms with Crippen LogP contribution in [0.2, 0.25) is 5.02 Å². The molecular formula is C20H17ClFN3O5S. The summed E-state index contributed by atoms with van der Waals surface area (Å²) >= 11 is 6.12. The number of anilines is 2. The predicted octanol–water partition coefficient (Wildman–Crippen LogP) is 3.19. The van der Waals surface area contributed by atoms with Crippen molar-refractivity contribution >= 4 is 49.7 Å². The Bertz CT molecular complexity index is 1280. The molecule has 1 aromatic heterocycles. The van der Waals surface area contributed by atoms with Gasteiger partial charge in [0.25, 0.3) is 0 Å². The molecule has 31 heavy (non-hydrogen) atoms. The fourth-order valence-corrected chi connectivity index (χ4v) is 5.03. The van der Waals surface area contributed by atoms with Crippen molar-refractivity contribution in [2.24, 2.45) is 0 Å². The largest absolute Gasteiger partial charge is 0.478 e. The highest BCUT2D eigenvalue weighted by Crippen LogP contribution is 2.36. The quantitative estimate of drug-likeness (QED) is 0.526. The van der Waals surface area contributed by atoms with E-state index in [2.05, 4.69) is 15.6 Å². The number of pyridine rings is 1. The van der Waals surface area contributed by atoms with Gasteiger partial charge in [0.2, 0.25) is 9.84 Å². The number of hydrogen-bond donors (Lipinski definition) is 3. The molecule has 1 fully saturated rings. The summed E-state index contributed by atoms with van der Waals surface area (Å²) in [6, 6.07) is 7.78. The molecular weight excluding hydrogens is 449 g/mol. The molecule has 2 heterocycles. The van der Waals surface area contributed by atoms with E-state index in [1.807, 2.05) is 0 Å². The number of sulfone groups is 1. The highest BCUT2D eigenvalue weighted by Gasteiger charge is 2.33. The molecule has 2 aromatic carbocycles. The summed E-state index contributed by atoms with van der Waals surface area (Å²) in [4.78, 5) is 15.6. The number of carboxylic acid groups (broad SMARTS) is 1. The van der Waals surface area contributed by atoms with E-state index in [0.29, 0.717) is 22.5 Å². The van der Waals surface area contributed by atoms with Gasteiger partial charge >= 0.3 is 5.97 Å². The van der Waals surface area contributed by atoms with Gasteiger partial charge in [-0.25, -0.2) is 17.6 Å². The molecule has 162 valence electrons. The molecule has 0 bridgehead atoms. The summed E-state index contributed by atoms with van der Waals surface area (Å²) in [5, 5.41) is 15.9. The molecule has 0 spiro atoms. The number of carboxylic acids is 1. The monoisotopic (exact) mass is 465 g/mol. The smallest absolute Gasteiger partial charge is 0.337 e. The standard InChI is InChI=1S/C20H17ClFN3O5S/c21-11-1-4-15-14(7-11)19(25-16-8-12(22)2-3-13(16)20(26)27)17(9-24-15)31(28,29)18-10-23-5-6-30-18/h1-4,7-9,18,23H,5-6,10H2,(H,24,25)(H,26,27). The number of fused-ring (bicyclic) bond motifs is 1. The number of aromatic carboxylic acids is 1. The molecule has 1 atom stereocenters. The Kier molecular flexibility index (Phi) is 5.80. The van der Waals surface area contributed by atoms with Gasteiger partial charge in [0.15, 0.2) is 5.44 Å². The van der Waals surface area contributed by atoms with E-state index in [9.17, 15) is 22.7 Å². The second-order valence-electron chi connectivity index (χ2n) is 6.83. The molecule has 3 aromatic rings. The number of nitrogens with one attached hydrogen (secondary N) is 2. The van der Waals surface area contributed by atoms with Crippen LogP contribution in [0.3, 0.4) is 0 Å². The molecule has 0 radical (unpaired) electrons. The number of benzene rings is 2. The van der Waals surface area contributed by atoms with Gasteiger partial charge in [-0.2, -0.15) is 0 Å². The lowest BCUT2D eigenvalue weighted by molar-refractivity contribution is 0.0698. The number of morpholine rings is 1. The molecule has 0 amide bonds. The molecule has 0 aliphatic carbocycles. The van der Waals surface area contributed by atoms with E-state index >= 15 is 0 Å². The predicted molar refractivity (Wildman–Crippen MR) is 113 cm³/mol. The van der Waals surface area contributed by atoms with E-state index < -0.39 is 27.1 Å². The van der Waals surface area contributed by atoms with Crippen LogP contribution in [0.5, 0.6) is 0 Å². The Labute approximate surface area is 181 Å². The van der Waals surface area contributed by atoms with Gasteiger partial charge in [0.1, 0.15) is 10.7 Å². The molecule has 8 nitrogen and oxygen atoms in total. The van der Waals surface area contributed by atoms with Crippen molar-refractivity contribution in [1.29, 1.82) is 0 Å². The zero-order chi connectivity index (χ0) is 22.2. The molecule has 0 saturated carbocycles. The second kappa shape index (κ2) is 8.39. The van der Waals surface area contributed by atoms with Crippen LogP contribution in [-0.4, -0.2) is 49.6 Å². The van der Waals surface area contributed by atoms with E-state index in [4.69, 9.17) is 16.3 Å². The van der Waals surface area contributed by atoms with Crippen molar-refractivity contribution in [3.05, 3.63) is 59.0 Å². The first kappa shape index (κ1) is 21.4. The minimum Gasteiger partial charge on any atom is -0.478 e. The molecule has 1 aliphatic rings. The SMILES string of the molecule is O=C(O)c1ccc(F)cc1Nc1c(S(=O)(=O)C2CNCCO2)cnc2ccc(Cl)cc12. The van der Waals surface area contributed by atoms with Crippen molar-refractivity contribution < 1.29 is 27.4 Å². The third kappa shape index (κ3) is 4.19. The Morgan fingerprint density at radius 2 is 2.10 bits per heavy atom. The van der Waals surface area contributed by atoms with Gasteiger partial charge in [-0.05, 0) is 36.4 Å². The Hall–Kier alpha value is -2.79. The van der Waals surface area contributed by atoms with Gasteiger partial charge in [-0.3, -0.25) is 4.98 Å². The fraction of sp³-hybridized carbons (Fsp3) is 0.200. The Balaban J connectivity index is 1.94. The third-order valence-corrected chi connectivity index (χ3v) is 6.97.